The topological polar surface area (TPSA) is 54.4 Å². The number of aromatic nitrogens is 1. The number of nitrogens with zero attached hydrogens (tertiary/aromatic N) is 1. The zero-order chi connectivity index (χ0) is 11.6. The highest BCUT2D eigenvalue weighted by molar-refractivity contribution is 5.09. The van der Waals surface area contributed by atoms with Crippen LogP contribution in [0.1, 0.15) is 12.0 Å². The summed E-state index contributed by atoms with van der Waals surface area (Å²) in [5.74, 6) is 0. The number of likely N-dealkylation sites (N-methyl/N-ethyl adjacent to an activating group) is 1. The zero-order valence-electron chi connectivity index (χ0n) is 9.72. The van der Waals surface area contributed by atoms with Crippen molar-refractivity contribution in [3.63, 3.8) is 0 Å². The number of hydrogen-bond acceptors (Lipinski definition) is 4. The van der Waals surface area contributed by atoms with Gasteiger partial charge in [-0.2, -0.15) is 0 Å². The molecular formula is C12H20N2O2. The lowest BCUT2D eigenvalue weighted by Gasteiger charge is -2.10. The summed E-state index contributed by atoms with van der Waals surface area (Å²) in [6.45, 7) is 1.66. The van der Waals surface area contributed by atoms with Gasteiger partial charge < -0.3 is 15.2 Å². The number of pyridine rings is 1. The van der Waals surface area contributed by atoms with E-state index in [9.17, 15) is 5.11 Å². The van der Waals surface area contributed by atoms with Crippen molar-refractivity contribution >= 4 is 0 Å². The Balaban J connectivity index is 2.00. The van der Waals surface area contributed by atoms with Crippen LogP contribution in [0.3, 0.4) is 0 Å². The van der Waals surface area contributed by atoms with Gasteiger partial charge in [0.05, 0.1) is 12.7 Å². The van der Waals surface area contributed by atoms with Gasteiger partial charge in [0.2, 0.25) is 0 Å². The Morgan fingerprint density at radius 1 is 1.44 bits per heavy atom. The van der Waals surface area contributed by atoms with Gasteiger partial charge in [-0.3, -0.25) is 4.98 Å². The molecule has 0 fully saturated rings. The third kappa shape index (κ3) is 5.80. The van der Waals surface area contributed by atoms with Gasteiger partial charge in [-0.1, -0.05) is 0 Å². The molecule has 1 aromatic rings. The second-order valence-electron chi connectivity index (χ2n) is 3.75. The van der Waals surface area contributed by atoms with E-state index in [1.165, 1.54) is 5.56 Å². The summed E-state index contributed by atoms with van der Waals surface area (Å²) in [5.41, 5.74) is 1.27. The first-order chi connectivity index (χ1) is 7.83. The summed E-state index contributed by atoms with van der Waals surface area (Å²) < 4.78 is 5.36. The number of aliphatic hydroxyl groups excluding tert-OH is 1. The summed E-state index contributed by atoms with van der Waals surface area (Å²) in [6.07, 6.45) is 5.15. The van der Waals surface area contributed by atoms with Crippen LogP contribution in [0.25, 0.3) is 0 Å². The zero-order valence-corrected chi connectivity index (χ0v) is 9.72. The van der Waals surface area contributed by atoms with E-state index in [1.807, 2.05) is 19.2 Å². The molecule has 2 N–H and O–H groups in total. The van der Waals surface area contributed by atoms with Gasteiger partial charge in [-0.25, -0.2) is 0 Å². The molecule has 0 saturated heterocycles. The Labute approximate surface area is 96.7 Å². The lowest BCUT2D eigenvalue weighted by molar-refractivity contribution is 0.0371. The highest BCUT2D eigenvalue weighted by Gasteiger charge is 2.01. The van der Waals surface area contributed by atoms with Crippen LogP contribution in [-0.2, 0) is 11.2 Å². The quantitative estimate of drug-likeness (QED) is 0.635. The van der Waals surface area contributed by atoms with Crippen LogP contribution in [0, 0.1) is 0 Å². The maximum Gasteiger partial charge on any atom is 0.0897 e. The van der Waals surface area contributed by atoms with Crippen molar-refractivity contribution in [1.29, 1.82) is 0 Å². The van der Waals surface area contributed by atoms with Crippen LogP contribution < -0.4 is 5.32 Å². The van der Waals surface area contributed by atoms with Crippen molar-refractivity contribution in [2.75, 3.05) is 26.8 Å². The fraction of sp³-hybridized carbons (Fsp3) is 0.583. The molecule has 1 aromatic heterocycles. The van der Waals surface area contributed by atoms with Gasteiger partial charge in [0, 0.05) is 25.5 Å². The van der Waals surface area contributed by atoms with Crippen LogP contribution in [0.2, 0.25) is 0 Å². The van der Waals surface area contributed by atoms with Gasteiger partial charge in [0.25, 0.3) is 0 Å². The molecule has 16 heavy (non-hydrogen) atoms. The minimum absolute atomic E-state index is 0.400. The lowest BCUT2D eigenvalue weighted by atomic mass is 10.1. The Bertz CT molecular complexity index is 267. The van der Waals surface area contributed by atoms with Crippen molar-refractivity contribution in [2.24, 2.45) is 0 Å². The van der Waals surface area contributed by atoms with Gasteiger partial charge in [-0.05, 0) is 37.6 Å². The smallest absolute Gasteiger partial charge is 0.0897 e. The predicted octanol–water partition coefficient (Wildman–Crippen LogP) is 0.611. The van der Waals surface area contributed by atoms with E-state index in [0.717, 1.165) is 12.8 Å². The molecule has 0 aliphatic carbocycles. The Morgan fingerprint density at radius 2 is 2.19 bits per heavy atom. The lowest BCUT2D eigenvalue weighted by Crippen LogP contribution is -2.28. The fourth-order valence-electron chi connectivity index (χ4n) is 1.44. The maximum atomic E-state index is 9.37. The standard InChI is InChI=1S/C12H20N2O2/c1-13-9-12(15)10-16-8-2-3-11-4-6-14-7-5-11/h4-7,12-13,15H,2-3,8-10H2,1H3. The van der Waals surface area contributed by atoms with Crippen molar-refractivity contribution < 1.29 is 9.84 Å². The molecule has 0 aliphatic heterocycles. The second kappa shape index (κ2) is 8.21. The number of hydrogen-bond donors (Lipinski definition) is 2. The minimum Gasteiger partial charge on any atom is -0.389 e. The summed E-state index contributed by atoms with van der Waals surface area (Å²) in [7, 11) is 1.81. The molecule has 0 bridgehead atoms. The molecule has 0 saturated carbocycles. The molecule has 0 amide bonds. The van der Waals surface area contributed by atoms with Crippen molar-refractivity contribution in [2.45, 2.75) is 18.9 Å². The van der Waals surface area contributed by atoms with Crippen LogP contribution in [0.15, 0.2) is 24.5 Å². The van der Waals surface area contributed by atoms with E-state index in [0.29, 0.717) is 19.8 Å². The maximum absolute atomic E-state index is 9.37. The van der Waals surface area contributed by atoms with Crippen LogP contribution in [0.5, 0.6) is 0 Å². The molecule has 4 nitrogen and oxygen atoms in total. The van der Waals surface area contributed by atoms with E-state index < -0.39 is 6.10 Å². The van der Waals surface area contributed by atoms with Gasteiger partial charge in [0.1, 0.15) is 0 Å². The van der Waals surface area contributed by atoms with E-state index in [-0.39, 0.29) is 0 Å². The van der Waals surface area contributed by atoms with E-state index >= 15 is 0 Å². The van der Waals surface area contributed by atoms with Crippen molar-refractivity contribution in [3.05, 3.63) is 30.1 Å². The molecule has 4 heteroatoms. The number of ether oxygens (including phenoxy) is 1. The summed E-state index contributed by atoms with van der Waals surface area (Å²) in [6, 6.07) is 4.02. The van der Waals surface area contributed by atoms with Crippen molar-refractivity contribution in [1.82, 2.24) is 10.3 Å². The van der Waals surface area contributed by atoms with Crippen LogP contribution >= 0.6 is 0 Å². The third-order valence-electron chi connectivity index (χ3n) is 2.25. The SMILES string of the molecule is CNCC(O)COCCCc1ccncc1. The molecule has 90 valence electrons. The highest BCUT2D eigenvalue weighted by Crippen LogP contribution is 2.00. The minimum atomic E-state index is -0.411. The number of aliphatic hydroxyl groups is 1. The molecule has 1 rings (SSSR count). The van der Waals surface area contributed by atoms with E-state index in [2.05, 4.69) is 10.3 Å². The first kappa shape index (κ1) is 13.1. The fourth-order valence-corrected chi connectivity index (χ4v) is 1.44. The molecular weight excluding hydrogens is 204 g/mol. The Kier molecular flexibility index (Phi) is 6.72. The van der Waals surface area contributed by atoms with Crippen LogP contribution in [-0.4, -0.2) is 43.0 Å². The number of nitrogens with one attached hydrogen (secondary N) is 1. The molecule has 1 heterocycles. The van der Waals surface area contributed by atoms with Gasteiger partial charge in [-0.15, -0.1) is 0 Å². The van der Waals surface area contributed by atoms with Crippen LogP contribution in [0.4, 0.5) is 0 Å². The van der Waals surface area contributed by atoms with E-state index in [1.54, 1.807) is 12.4 Å². The second-order valence-corrected chi connectivity index (χ2v) is 3.75. The molecule has 0 spiro atoms. The first-order valence-electron chi connectivity index (χ1n) is 5.62. The number of rotatable bonds is 8. The summed E-state index contributed by atoms with van der Waals surface area (Å²) in [4.78, 5) is 3.96. The summed E-state index contributed by atoms with van der Waals surface area (Å²) >= 11 is 0. The molecule has 1 atom stereocenters. The molecule has 0 radical (unpaired) electrons. The normalized spacial score (nSPS) is 12.6. The third-order valence-corrected chi connectivity index (χ3v) is 2.25. The summed E-state index contributed by atoms with van der Waals surface area (Å²) in [5, 5.41) is 12.3. The Morgan fingerprint density at radius 3 is 2.88 bits per heavy atom. The van der Waals surface area contributed by atoms with Gasteiger partial charge >= 0.3 is 0 Å². The van der Waals surface area contributed by atoms with Crippen molar-refractivity contribution in [3.8, 4) is 0 Å². The Hall–Kier alpha value is -0.970. The first-order valence-corrected chi connectivity index (χ1v) is 5.62. The van der Waals surface area contributed by atoms with Gasteiger partial charge in [0.15, 0.2) is 0 Å². The van der Waals surface area contributed by atoms with E-state index in [4.69, 9.17) is 4.74 Å². The average molecular weight is 224 g/mol. The average Bonchev–Trinajstić information content (AvgIpc) is 2.30. The molecule has 0 aromatic carbocycles. The largest absolute Gasteiger partial charge is 0.389 e. The molecule has 0 aliphatic rings. The number of aryl methyl sites for hydroxylation is 1. The monoisotopic (exact) mass is 224 g/mol. The highest BCUT2D eigenvalue weighted by atomic mass is 16.5. The predicted molar refractivity (Wildman–Crippen MR) is 63.3 cm³/mol. The molecule has 1 unspecified atom stereocenters.